The van der Waals surface area contributed by atoms with E-state index in [0.29, 0.717) is 11.5 Å². The Morgan fingerprint density at radius 3 is 2.47 bits per heavy atom. The third-order valence-corrected chi connectivity index (χ3v) is 6.37. The van der Waals surface area contributed by atoms with Crippen LogP contribution in [0, 0.1) is 0 Å². The largest absolute Gasteiger partial charge is 0.493 e. The molecule has 0 bridgehead atoms. The number of fused-ring (bicyclic) bond motifs is 5. The Hall–Kier alpha value is -3.93. The average molecular weight is 427 g/mol. The minimum Gasteiger partial charge on any atom is -0.493 e. The van der Waals surface area contributed by atoms with Gasteiger partial charge in [0, 0.05) is 29.1 Å². The fourth-order valence-electron chi connectivity index (χ4n) is 4.82. The van der Waals surface area contributed by atoms with Gasteiger partial charge in [-0.05, 0) is 35.4 Å². The number of pyridine rings is 1. The number of aromatic nitrogens is 1. The van der Waals surface area contributed by atoms with Gasteiger partial charge in [0.1, 0.15) is 0 Å². The molecule has 0 atom stereocenters. The highest BCUT2D eigenvalue weighted by molar-refractivity contribution is 6.04. The zero-order valence-electron chi connectivity index (χ0n) is 18.0. The van der Waals surface area contributed by atoms with Crippen molar-refractivity contribution in [3.63, 3.8) is 0 Å². The van der Waals surface area contributed by atoms with Crippen LogP contribution in [0.2, 0.25) is 0 Å². The van der Waals surface area contributed by atoms with Crippen molar-refractivity contribution in [2.75, 3.05) is 26.7 Å². The third kappa shape index (κ3) is 2.69. The van der Waals surface area contributed by atoms with E-state index in [9.17, 15) is 0 Å². The van der Waals surface area contributed by atoms with Gasteiger partial charge in [-0.1, -0.05) is 18.2 Å². The summed E-state index contributed by atoms with van der Waals surface area (Å²) < 4.78 is 25.0. The van der Waals surface area contributed by atoms with Crippen molar-refractivity contribution < 1.29 is 23.5 Å². The van der Waals surface area contributed by atoms with Crippen molar-refractivity contribution in [3.8, 4) is 45.4 Å². The van der Waals surface area contributed by atoms with Crippen LogP contribution in [-0.4, -0.2) is 21.0 Å². The molecule has 0 saturated carbocycles. The second-order valence-corrected chi connectivity index (χ2v) is 8.04. The fourth-order valence-corrected chi connectivity index (χ4v) is 4.82. The predicted octanol–water partition coefficient (Wildman–Crippen LogP) is 4.35. The van der Waals surface area contributed by atoms with Crippen molar-refractivity contribution in [2.24, 2.45) is 0 Å². The van der Waals surface area contributed by atoms with Crippen molar-refractivity contribution in [2.45, 2.75) is 13.0 Å². The molecule has 0 aliphatic carbocycles. The minimum absolute atomic E-state index is 0.268. The molecule has 6 nitrogen and oxygen atoms in total. The lowest BCUT2D eigenvalue weighted by Crippen LogP contribution is -2.40. The molecule has 2 aliphatic heterocycles. The first-order valence-electron chi connectivity index (χ1n) is 10.6. The Morgan fingerprint density at radius 1 is 0.875 bits per heavy atom. The summed E-state index contributed by atoms with van der Waals surface area (Å²) >= 11 is 0. The quantitative estimate of drug-likeness (QED) is 0.389. The minimum atomic E-state index is 0.268. The number of methoxy groups -OCH3 is 2. The second-order valence-electron chi connectivity index (χ2n) is 8.04. The van der Waals surface area contributed by atoms with Crippen molar-refractivity contribution in [1.82, 2.24) is 0 Å². The van der Waals surface area contributed by atoms with E-state index in [1.54, 1.807) is 14.2 Å². The van der Waals surface area contributed by atoms with Crippen LogP contribution in [0.15, 0.2) is 54.7 Å². The molecule has 160 valence electrons. The fraction of sp³-hybridized carbons (Fsp3) is 0.192. The molecule has 0 unspecified atom stereocenters. The summed E-state index contributed by atoms with van der Waals surface area (Å²) in [6, 6.07) is 16.3. The molecule has 0 saturated heterocycles. The first kappa shape index (κ1) is 18.8. The van der Waals surface area contributed by atoms with E-state index in [0.717, 1.165) is 63.3 Å². The summed E-state index contributed by atoms with van der Waals surface area (Å²) in [6.45, 7) is 1.13. The Kier molecular flexibility index (Phi) is 4.15. The molecule has 0 spiro atoms. The molecule has 0 amide bonds. The molecule has 1 aromatic heterocycles. The zero-order valence-corrected chi connectivity index (χ0v) is 18.0. The van der Waals surface area contributed by atoms with Gasteiger partial charge in [-0.2, -0.15) is 4.57 Å². The highest BCUT2D eigenvalue weighted by Crippen LogP contribution is 2.45. The summed E-state index contributed by atoms with van der Waals surface area (Å²) in [7, 11) is 3.33. The van der Waals surface area contributed by atoms with Crippen LogP contribution in [0.5, 0.6) is 23.0 Å². The Balaban J connectivity index is 1.68. The number of nitrogen functional groups attached to an aromatic ring is 1. The number of rotatable bonds is 3. The number of benzene rings is 3. The average Bonchev–Trinajstić information content (AvgIpc) is 3.28. The number of hydrogen-bond donors (Lipinski definition) is 1. The van der Waals surface area contributed by atoms with E-state index in [-0.39, 0.29) is 6.79 Å². The van der Waals surface area contributed by atoms with Crippen LogP contribution in [0.25, 0.3) is 33.2 Å². The number of nitrogens with two attached hydrogens (primary N) is 1. The van der Waals surface area contributed by atoms with Crippen molar-refractivity contribution in [3.05, 3.63) is 60.3 Å². The van der Waals surface area contributed by atoms with Gasteiger partial charge in [-0.3, -0.25) is 0 Å². The first-order valence-corrected chi connectivity index (χ1v) is 10.6. The van der Waals surface area contributed by atoms with Gasteiger partial charge in [0.25, 0.3) is 0 Å². The number of ether oxygens (including phenoxy) is 4. The first-order chi connectivity index (χ1) is 15.7. The molecule has 0 fully saturated rings. The summed E-state index contributed by atoms with van der Waals surface area (Å²) in [4.78, 5) is 0. The van der Waals surface area contributed by atoms with Crippen LogP contribution in [0.3, 0.4) is 0 Å². The van der Waals surface area contributed by atoms with Gasteiger partial charge in [0.15, 0.2) is 35.7 Å². The standard InChI is InChI=1S/C26H23N2O4/c1-29-25-12-19(16-5-3-4-6-21(16)27)18-10-22-17-11-24-23(31-14-32-24)9-15(17)7-8-28(22)13-20(18)26(25)30-2/h3-6,9-13H,7-8,14,27H2,1-2H3/q+1. The summed E-state index contributed by atoms with van der Waals surface area (Å²) in [5.74, 6) is 3.00. The molecular formula is C26H23N2O4+. The van der Waals surface area contributed by atoms with E-state index >= 15 is 0 Å². The maximum absolute atomic E-state index is 6.37. The number of anilines is 1. The van der Waals surface area contributed by atoms with Gasteiger partial charge in [-0.25, -0.2) is 0 Å². The van der Waals surface area contributed by atoms with E-state index in [2.05, 4.69) is 29.0 Å². The monoisotopic (exact) mass is 427 g/mol. The van der Waals surface area contributed by atoms with Gasteiger partial charge in [-0.15, -0.1) is 0 Å². The molecule has 6 rings (SSSR count). The lowest BCUT2D eigenvalue weighted by Gasteiger charge is -2.19. The topological polar surface area (TPSA) is 66.8 Å². The summed E-state index contributed by atoms with van der Waals surface area (Å²) in [5.41, 5.74) is 12.6. The van der Waals surface area contributed by atoms with Crippen LogP contribution in [0.1, 0.15) is 5.56 Å². The molecule has 3 heterocycles. The lowest BCUT2D eigenvalue weighted by atomic mass is 9.92. The smallest absolute Gasteiger partial charge is 0.231 e. The van der Waals surface area contributed by atoms with Crippen molar-refractivity contribution >= 4 is 16.5 Å². The molecule has 4 aromatic rings. The summed E-state index contributed by atoms with van der Waals surface area (Å²) in [6.07, 6.45) is 3.07. The van der Waals surface area contributed by atoms with E-state index < -0.39 is 0 Å². The van der Waals surface area contributed by atoms with Gasteiger partial charge in [0.05, 0.1) is 25.2 Å². The molecule has 2 aliphatic rings. The van der Waals surface area contributed by atoms with Crippen molar-refractivity contribution in [1.29, 1.82) is 0 Å². The van der Waals surface area contributed by atoms with Crippen LogP contribution in [-0.2, 0) is 13.0 Å². The predicted molar refractivity (Wildman–Crippen MR) is 122 cm³/mol. The van der Waals surface area contributed by atoms with Gasteiger partial charge in [0.2, 0.25) is 12.5 Å². The van der Waals surface area contributed by atoms with E-state index in [1.165, 1.54) is 5.56 Å². The number of nitrogens with zero attached hydrogens (tertiary/aromatic N) is 1. The molecule has 32 heavy (non-hydrogen) atoms. The molecule has 3 aromatic carbocycles. The van der Waals surface area contributed by atoms with Gasteiger partial charge >= 0.3 is 0 Å². The number of aryl methyl sites for hydroxylation is 2. The van der Waals surface area contributed by atoms with Crippen LogP contribution < -0.4 is 29.2 Å². The SMILES string of the molecule is COc1cc(-c2ccccc2N)c2cc3[n+](cc2c1OC)CCc1cc2c(cc1-3)OCO2. The number of hydrogen-bond acceptors (Lipinski definition) is 5. The Bertz CT molecular complexity index is 1400. The zero-order chi connectivity index (χ0) is 21.8. The maximum atomic E-state index is 6.37. The van der Waals surface area contributed by atoms with E-state index in [1.807, 2.05) is 30.3 Å². The molecular weight excluding hydrogens is 404 g/mol. The highest BCUT2D eigenvalue weighted by Gasteiger charge is 2.29. The van der Waals surface area contributed by atoms with Gasteiger partial charge < -0.3 is 24.7 Å². The van der Waals surface area contributed by atoms with Crippen LogP contribution in [0.4, 0.5) is 5.69 Å². The van der Waals surface area contributed by atoms with E-state index in [4.69, 9.17) is 24.7 Å². The number of para-hydroxylation sites is 1. The summed E-state index contributed by atoms with van der Waals surface area (Å²) in [5, 5.41) is 2.04. The maximum Gasteiger partial charge on any atom is 0.231 e. The van der Waals surface area contributed by atoms with Crippen LogP contribution >= 0.6 is 0 Å². The molecule has 6 heteroatoms. The Morgan fingerprint density at radius 2 is 1.69 bits per heavy atom. The second kappa shape index (κ2) is 7.05. The molecule has 0 radical (unpaired) electrons. The normalized spacial score (nSPS) is 13.6. The third-order valence-electron chi connectivity index (χ3n) is 6.37. The highest BCUT2D eigenvalue weighted by atomic mass is 16.7. The lowest BCUT2D eigenvalue weighted by molar-refractivity contribution is -0.686. The Labute approximate surface area is 185 Å². The molecule has 2 N–H and O–H groups in total.